The minimum atomic E-state index is -0.993. The van der Waals surface area contributed by atoms with Gasteiger partial charge in [0.2, 0.25) is 0 Å². The molecule has 0 fully saturated rings. The second-order valence-corrected chi connectivity index (χ2v) is 4.29. The number of hydrogen-bond acceptors (Lipinski definition) is 3. The molecule has 0 bridgehead atoms. The summed E-state index contributed by atoms with van der Waals surface area (Å²) in [6.45, 7) is 4.27. The van der Waals surface area contributed by atoms with Crippen molar-refractivity contribution in [1.82, 2.24) is 0 Å². The van der Waals surface area contributed by atoms with Gasteiger partial charge in [-0.1, -0.05) is 19.8 Å². The molecule has 1 aromatic carbocycles. The third-order valence-corrected chi connectivity index (χ3v) is 2.69. The molecule has 1 atom stereocenters. The highest BCUT2D eigenvalue weighted by Gasteiger charge is 2.08. The van der Waals surface area contributed by atoms with Gasteiger partial charge in [-0.25, -0.2) is 4.79 Å². The van der Waals surface area contributed by atoms with Gasteiger partial charge in [0, 0.05) is 17.4 Å². The highest BCUT2D eigenvalue weighted by atomic mass is 16.4. The number of hydrogen-bond donors (Lipinski definition) is 3. The van der Waals surface area contributed by atoms with E-state index in [4.69, 9.17) is 10.8 Å². The van der Waals surface area contributed by atoms with Crippen molar-refractivity contribution >= 4 is 17.3 Å². The molecule has 17 heavy (non-hydrogen) atoms. The Morgan fingerprint density at radius 2 is 2.24 bits per heavy atom. The molecule has 1 unspecified atom stereocenters. The summed E-state index contributed by atoms with van der Waals surface area (Å²) in [5.74, 6) is -0.993. The molecular weight excluding hydrogens is 216 g/mol. The Hall–Kier alpha value is -1.71. The summed E-state index contributed by atoms with van der Waals surface area (Å²) in [6.07, 6.45) is 3.44. The van der Waals surface area contributed by atoms with E-state index in [1.807, 2.05) is 0 Å². The smallest absolute Gasteiger partial charge is 0.337 e. The monoisotopic (exact) mass is 236 g/mol. The number of unbranched alkanes of at least 4 members (excludes halogenated alkanes) is 1. The van der Waals surface area contributed by atoms with Gasteiger partial charge in [0.25, 0.3) is 0 Å². The number of anilines is 2. The largest absolute Gasteiger partial charge is 0.478 e. The molecule has 94 valence electrons. The molecule has 0 amide bonds. The van der Waals surface area contributed by atoms with E-state index in [0.717, 1.165) is 12.1 Å². The molecule has 0 spiro atoms. The summed E-state index contributed by atoms with van der Waals surface area (Å²) in [6, 6.07) is 5.32. The van der Waals surface area contributed by atoms with Crippen LogP contribution in [0.15, 0.2) is 18.2 Å². The van der Waals surface area contributed by atoms with Gasteiger partial charge >= 0.3 is 5.97 Å². The fraction of sp³-hybridized carbons (Fsp3) is 0.462. The van der Waals surface area contributed by atoms with Crippen molar-refractivity contribution in [2.45, 2.75) is 39.2 Å². The molecule has 1 rings (SSSR count). The lowest BCUT2D eigenvalue weighted by Gasteiger charge is -2.15. The lowest BCUT2D eigenvalue weighted by molar-refractivity contribution is 0.0698. The number of carbonyl (C=O) groups is 1. The van der Waals surface area contributed by atoms with Crippen molar-refractivity contribution in [2.75, 3.05) is 11.1 Å². The van der Waals surface area contributed by atoms with Crippen LogP contribution in [0.4, 0.5) is 11.4 Å². The Balaban J connectivity index is 2.67. The van der Waals surface area contributed by atoms with Crippen LogP contribution in [-0.4, -0.2) is 17.1 Å². The summed E-state index contributed by atoms with van der Waals surface area (Å²) in [4.78, 5) is 10.8. The quantitative estimate of drug-likeness (QED) is 0.664. The molecule has 4 nitrogen and oxygen atoms in total. The number of nitrogens with one attached hydrogen (secondary N) is 1. The summed E-state index contributed by atoms with van der Waals surface area (Å²) in [5.41, 5.74) is 6.99. The molecule has 0 aliphatic heterocycles. The zero-order chi connectivity index (χ0) is 12.8. The van der Waals surface area contributed by atoms with Gasteiger partial charge < -0.3 is 16.2 Å². The van der Waals surface area contributed by atoms with Gasteiger partial charge in [-0.2, -0.15) is 0 Å². The predicted molar refractivity (Wildman–Crippen MR) is 70.4 cm³/mol. The molecule has 4 N–H and O–H groups in total. The van der Waals surface area contributed by atoms with E-state index in [9.17, 15) is 4.79 Å². The summed E-state index contributed by atoms with van der Waals surface area (Å²) >= 11 is 0. The highest BCUT2D eigenvalue weighted by molar-refractivity contribution is 5.94. The van der Waals surface area contributed by atoms with Crippen LogP contribution in [0.2, 0.25) is 0 Å². The van der Waals surface area contributed by atoms with Crippen LogP contribution in [0.3, 0.4) is 0 Å². The number of aromatic carboxylic acids is 1. The van der Waals surface area contributed by atoms with Crippen molar-refractivity contribution in [2.24, 2.45) is 0 Å². The van der Waals surface area contributed by atoms with Gasteiger partial charge in [0.05, 0.1) is 5.56 Å². The average molecular weight is 236 g/mol. The molecule has 0 saturated carbocycles. The Morgan fingerprint density at radius 3 is 2.76 bits per heavy atom. The predicted octanol–water partition coefficient (Wildman–Crippen LogP) is 2.96. The number of benzene rings is 1. The number of rotatable bonds is 6. The molecule has 0 aliphatic rings. The van der Waals surface area contributed by atoms with E-state index in [1.54, 1.807) is 12.1 Å². The Kier molecular flexibility index (Phi) is 4.82. The van der Waals surface area contributed by atoms with Crippen molar-refractivity contribution in [3.63, 3.8) is 0 Å². The fourth-order valence-corrected chi connectivity index (χ4v) is 1.71. The lowest BCUT2D eigenvalue weighted by atomic mass is 10.1. The van der Waals surface area contributed by atoms with Crippen molar-refractivity contribution in [1.29, 1.82) is 0 Å². The molecule has 0 radical (unpaired) electrons. The van der Waals surface area contributed by atoms with Crippen LogP contribution in [0.25, 0.3) is 0 Å². The Bertz CT molecular complexity index is 391. The fourth-order valence-electron chi connectivity index (χ4n) is 1.71. The zero-order valence-electron chi connectivity index (χ0n) is 10.4. The van der Waals surface area contributed by atoms with Crippen molar-refractivity contribution < 1.29 is 9.90 Å². The lowest BCUT2D eigenvalue weighted by Crippen LogP contribution is -2.15. The second kappa shape index (κ2) is 6.13. The van der Waals surface area contributed by atoms with E-state index in [-0.39, 0.29) is 5.56 Å². The van der Waals surface area contributed by atoms with Crippen molar-refractivity contribution in [3.8, 4) is 0 Å². The summed E-state index contributed by atoms with van der Waals surface area (Å²) in [7, 11) is 0. The van der Waals surface area contributed by atoms with Crippen LogP contribution in [0, 0.1) is 0 Å². The maximum atomic E-state index is 10.8. The van der Waals surface area contributed by atoms with Crippen LogP contribution in [0.1, 0.15) is 43.5 Å². The normalized spacial score (nSPS) is 12.1. The number of carboxylic acid groups (broad SMARTS) is 1. The maximum absolute atomic E-state index is 10.8. The van der Waals surface area contributed by atoms with Crippen LogP contribution in [-0.2, 0) is 0 Å². The third-order valence-electron chi connectivity index (χ3n) is 2.69. The van der Waals surface area contributed by atoms with Gasteiger partial charge in [0.1, 0.15) is 0 Å². The molecule has 0 aliphatic carbocycles. The molecule has 0 heterocycles. The Morgan fingerprint density at radius 1 is 1.53 bits per heavy atom. The molecule has 1 aromatic rings. The van der Waals surface area contributed by atoms with Gasteiger partial charge in [-0.15, -0.1) is 0 Å². The third kappa shape index (κ3) is 3.98. The second-order valence-electron chi connectivity index (χ2n) is 4.29. The zero-order valence-corrected chi connectivity index (χ0v) is 10.4. The maximum Gasteiger partial charge on any atom is 0.337 e. The first-order valence-electron chi connectivity index (χ1n) is 5.94. The van der Waals surface area contributed by atoms with Gasteiger partial charge in [0.15, 0.2) is 0 Å². The SMILES string of the molecule is CCCCC(C)Nc1ccc(C(=O)O)c(N)c1. The van der Waals surface area contributed by atoms with E-state index >= 15 is 0 Å². The van der Waals surface area contributed by atoms with E-state index in [2.05, 4.69) is 19.2 Å². The first-order valence-corrected chi connectivity index (χ1v) is 5.94. The van der Waals surface area contributed by atoms with Gasteiger partial charge in [-0.05, 0) is 31.5 Å². The van der Waals surface area contributed by atoms with Crippen LogP contribution in [0.5, 0.6) is 0 Å². The minimum Gasteiger partial charge on any atom is -0.478 e. The van der Waals surface area contributed by atoms with E-state index in [0.29, 0.717) is 11.7 Å². The average Bonchev–Trinajstić information content (AvgIpc) is 2.26. The van der Waals surface area contributed by atoms with Crippen molar-refractivity contribution in [3.05, 3.63) is 23.8 Å². The van der Waals surface area contributed by atoms with E-state index in [1.165, 1.54) is 18.9 Å². The number of nitrogen functional groups attached to an aromatic ring is 1. The van der Waals surface area contributed by atoms with E-state index < -0.39 is 5.97 Å². The first kappa shape index (κ1) is 13.4. The minimum absolute atomic E-state index is 0.150. The standard InChI is InChI=1S/C13H20N2O2/c1-3-4-5-9(2)15-10-6-7-11(13(16)17)12(14)8-10/h6-9,15H,3-5,14H2,1-2H3,(H,16,17). The Labute approximate surface area is 102 Å². The summed E-state index contributed by atoms with van der Waals surface area (Å²) < 4.78 is 0. The molecule has 0 aromatic heterocycles. The number of nitrogens with two attached hydrogens (primary N) is 1. The topological polar surface area (TPSA) is 75.3 Å². The first-order chi connectivity index (χ1) is 8.04. The van der Waals surface area contributed by atoms with Crippen LogP contribution < -0.4 is 11.1 Å². The van der Waals surface area contributed by atoms with Gasteiger partial charge in [-0.3, -0.25) is 0 Å². The number of carboxylic acids is 1. The summed E-state index contributed by atoms with van der Waals surface area (Å²) in [5, 5.41) is 12.2. The highest BCUT2D eigenvalue weighted by Crippen LogP contribution is 2.19. The molecule has 0 saturated heterocycles. The van der Waals surface area contributed by atoms with Crippen LogP contribution >= 0.6 is 0 Å². The molecule has 4 heteroatoms. The molecular formula is C13H20N2O2.